The van der Waals surface area contributed by atoms with Crippen LogP contribution < -0.4 is 5.32 Å². The molecular weight excluding hydrogens is 280 g/mol. The molecule has 0 spiro atoms. The molecule has 2 rings (SSSR count). The number of hydrogen-bond donors (Lipinski definition) is 1. The fourth-order valence-electron chi connectivity index (χ4n) is 2.19. The Labute approximate surface area is 130 Å². The van der Waals surface area contributed by atoms with Gasteiger partial charge < -0.3 is 5.32 Å². The molecule has 0 fully saturated rings. The van der Waals surface area contributed by atoms with Crippen LogP contribution in [0.1, 0.15) is 43.5 Å². The second kappa shape index (κ2) is 6.85. The van der Waals surface area contributed by atoms with E-state index in [1.54, 1.807) is 0 Å². The molecule has 0 aliphatic rings. The second-order valence-electron chi connectivity index (χ2n) is 5.84. The van der Waals surface area contributed by atoms with E-state index < -0.39 is 0 Å². The highest BCUT2D eigenvalue weighted by Crippen LogP contribution is 2.21. The zero-order chi connectivity index (χ0) is 15.4. The minimum absolute atomic E-state index is 0.0130. The minimum atomic E-state index is -0.178. The number of nitrogens with one attached hydrogen (secondary N) is 1. The largest absolute Gasteiger partial charge is 0.301 e. The van der Waals surface area contributed by atoms with Crippen molar-refractivity contribution >= 4 is 22.4 Å². The van der Waals surface area contributed by atoms with Gasteiger partial charge in [-0.05, 0) is 37.3 Å². The molecule has 0 radical (unpaired) electrons. The summed E-state index contributed by atoms with van der Waals surface area (Å²) in [5, 5.41) is 5.48. The molecular formula is C17H22N2OS. The fourth-order valence-corrected chi connectivity index (χ4v) is 2.88. The summed E-state index contributed by atoms with van der Waals surface area (Å²) >= 11 is 1.46. The Morgan fingerprint density at radius 3 is 2.43 bits per heavy atom. The van der Waals surface area contributed by atoms with Crippen LogP contribution in [0.25, 0.3) is 0 Å². The quantitative estimate of drug-likeness (QED) is 0.890. The summed E-state index contributed by atoms with van der Waals surface area (Å²) in [6, 6.07) is 8.34. The molecule has 21 heavy (non-hydrogen) atoms. The summed E-state index contributed by atoms with van der Waals surface area (Å²) in [6.45, 7) is 8.26. The fraction of sp³-hybridized carbons (Fsp3) is 0.412. The lowest BCUT2D eigenvalue weighted by atomic mass is 9.96. The molecule has 3 nitrogen and oxygen atoms in total. The van der Waals surface area contributed by atoms with Crippen molar-refractivity contribution in [3.63, 3.8) is 0 Å². The van der Waals surface area contributed by atoms with Gasteiger partial charge >= 0.3 is 0 Å². The molecule has 0 aliphatic carbocycles. The number of nitrogens with zero attached hydrogens (tertiary/aromatic N) is 1. The highest BCUT2D eigenvalue weighted by molar-refractivity contribution is 7.13. The van der Waals surface area contributed by atoms with Crippen LogP contribution in [0.4, 0.5) is 5.13 Å². The number of benzene rings is 1. The first kappa shape index (κ1) is 15.7. The van der Waals surface area contributed by atoms with Crippen molar-refractivity contribution < 1.29 is 4.79 Å². The van der Waals surface area contributed by atoms with Gasteiger partial charge in [-0.3, -0.25) is 4.79 Å². The van der Waals surface area contributed by atoms with E-state index in [0.29, 0.717) is 11.0 Å². The zero-order valence-corrected chi connectivity index (χ0v) is 13.8. The maximum Gasteiger partial charge on any atom is 0.233 e. The van der Waals surface area contributed by atoms with Gasteiger partial charge in [0.15, 0.2) is 5.13 Å². The number of rotatable bonds is 5. The molecule has 1 N–H and O–H groups in total. The van der Waals surface area contributed by atoms with Crippen LogP contribution in [0.2, 0.25) is 0 Å². The Morgan fingerprint density at radius 2 is 1.90 bits per heavy atom. The highest BCUT2D eigenvalue weighted by atomic mass is 32.1. The maximum absolute atomic E-state index is 12.2. The van der Waals surface area contributed by atoms with Gasteiger partial charge in [0.25, 0.3) is 0 Å². The summed E-state index contributed by atoms with van der Waals surface area (Å²) in [4.78, 5) is 16.5. The van der Waals surface area contributed by atoms with Gasteiger partial charge in [0.1, 0.15) is 0 Å². The van der Waals surface area contributed by atoms with Gasteiger partial charge in [0.05, 0.1) is 11.6 Å². The van der Waals surface area contributed by atoms with E-state index in [1.165, 1.54) is 16.9 Å². The number of thiazole rings is 1. The average molecular weight is 302 g/mol. The summed E-state index contributed by atoms with van der Waals surface area (Å²) in [5.41, 5.74) is 3.28. The molecule has 1 amide bonds. The Hall–Kier alpha value is -1.68. The number of carbonyl (C=O) groups excluding carboxylic acids is 1. The maximum atomic E-state index is 12.2. The molecule has 0 saturated heterocycles. The monoisotopic (exact) mass is 302 g/mol. The Morgan fingerprint density at radius 1 is 1.24 bits per heavy atom. The first-order chi connectivity index (χ1) is 9.95. The topological polar surface area (TPSA) is 42.0 Å². The van der Waals surface area contributed by atoms with Gasteiger partial charge in [-0.2, -0.15) is 0 Å². The van der Waals surface area contributed by atoms with Crippen molar-refractivity contribution in [1.29, 1.82) is 0 Å². The normalized spacial score (nSPS) is 12.4. The molecule has 2 aromatic rings. The lowest BCUT2D eigenvalue weighted by molar-refractivity contribution is -0.117. The van der Waals surface area contributed by atoms with Gasteiger partial charge in [-0.1, -0.05) is 38.1 Å². The van der Waals surface area contributed by atoms with Gasteiger partial charge in [0.2, 0.25) is 5.91 Å². The molecule has 1 aromatic carbocycles. The van der Waals surface area contributed by atoms with E-state index in [4.69, 9.17) is 0 Å². The minimum Gasteiger partial charge on any atom is -0.301 e. The van der Waals surface area contributed by atoms with Gasteiger partial charge in [0, 0.05) is 5.38 Å². The number of amides is 1. The zero-order valence-electron chi connectivity index (χ0n) is 13.0. The Kier molecular flexibility index (Phi) is 5.12. The average Bonchev–Trinajstić information content (AvgIpc) is 2.83. The SMILES string of the molecule is Cc1csc(NC(=O)C(C)c2ccc(CC(C)C)cc2)n1. The highest BCUT2D eigenvalue weighted by Gasteiger charge is 2.16. The third-order valence-corrected chi connectivity index (χ3v) is 4.24. The molecule has 0 bridgehead atoms. The lowest BCUT2D eigenvalue weighted by Gasteiger charge is -2.12. The van der Waals surface area contributed by atoms with Crippen LogP contribution >= 0.6 is 11.3 Å². The molecule has 112 valence electrons. The van der Waals surface area contributed by atoms with Crippen LogP contribution in [0.15, 0.2) is 29.6 Å². The van der Waals surface area contributed by atoms with Crippen molar-refractivity contribution in [2.75, 3.05) is 5.32 Å². The van der Waals surface area contributed by atoms with Crippen LogP contribution in [-0.4, -0.2) is 10.9 Å². The second-order valence-corrected chi connectivity index (χ2v) is 6.70. The molecule has 1 atom stereocenters. The molecule has 1 aromatic heterocycles. The van der Waals surface area contributed by atoms with E-state index in [2.05, 4.69) is 48.4 Å². The number of anilines is 1. The van der Waals surface area contributed by atoms with Crippen molar-refractivity contribution in [3.05, 3.63) is 46.5 Å². The summed E-state index contributed by atoms with van der Waals surface area (Å²) in [6.07, 6.45) is 1.07. The van der Waals surface area contributed by atoms with E-state index in [1.807, 2.05) is 19.2 Å². The predicted molar refractivity (Wildman–Crippen MR) is 88.9 cm³/mol. The smallest absolute Gasteiger partial charge is 0.233 e. The van der Waals surface area contributed by atoms with Crippen molar-refractivity contribution in [1.82, 2.24) is 4.98 Å². The first-order valence-corrected chi connectivity index (χ1v) is 8.15. The van der Waals surface area contributed by atoms with Crippen molar-refractivity contribution in [2.24, 2.45) is 5.92 Å². The van der Waals surface area contributed by atoms with E-state index >= 15 is 0 Å². The van der Waals surface area contributed by atoms with Gasteiger partial charge in [-0.25, -0.2) is 4.98 Å². The molecule has 0 saturated carbocycles. The third-order valence-electron chi connectivity index (χ3n) is 3.37. The molecule has 1 heterocycles. The van der Waals surface area contributed by atoms with E-state index in [9.17, 15) is 4.79 Å². The number of hydrogen-bond acceptors (Lipinski definition) is 3. The molecule has 0 aliphatic heterocycles. The summed E-state index contributed by atoms with van der Waals surface area (Å²) in [7, 11) is 0. The van der Waals surface area contributed by atoms with E-state index in [0.717, 1.165) is 17.7 Å². The predicted octanol–water partition coefficient (Wildman–Crippen LogP) is 4.39. The molecule has 4 heteroatoms. The Bertz CT molecular complexity index is 602. The summed E-state index contributed by atoms with van der Waals surface area (Å²) < 4.78 is 0. The Balaban J connectivity index is 2.01. The van der Waals surface area contributed by atoms with Gasteiger partial charge in [-0.15, -0.1) is 11.3 Å². The van der Waals surface area contributed by atoms with Crippen LogP contribution in [0, 0.1) is 12.8 Å². The van der Waals surface area contributed by atoms with Crippen LogP contribution in [0.5, 0.6) is 0 Å². The standard InChI is InChI=1S/C17H22N2OS/c1-11(2)9-14-5-7-15(8-6-14)13(4)16(20)19-17-18-12(3)10-21-17/h5-8,10-11,13H,9H2,1-4H3,(H,18,19,20). The molecule has 1 unspecified atom stereocenters. The number of aromatic nitrogens is 1. The van der Waals surface area contributed by atoms with Crippen LogP contribution in [-0.2, 0) is 11.2 Å². The number of carbonyl (C=O) groups is 1. The third kappa shape index (κ3) is 4.39. The van der Waals surface area contributed by atoms with Crippen molar-refractivity contribution in [3.8, 4) is 0 Å². The van der Waals surface area contributed by atoms with Crippen molar-refractivity contribution in [2.45, 2.75) is 40.0 Å². The summed E-state index contributed by atoms with van der Waals surface area (Å²) in [5.74, 6) is 0.452. The number of aryl methyl sites for hydroxylation is 1. The lowest BCUT2D eigenvalue weighted by Crippen LogP contribution is -2.18. The van der Waals surface area contributed by atoms with E-state index in [-0.39, 0.29) is 11.8 Å². The van der Waals surface area contributed by atoms with Crippen LogP contribution in [0.3, 0.4) is 0 Å². The first-order valence-electron chi connectivity index (χ1n) is 7.27.